The van der Waals surface area contributed by atoms with Crippen LogP contribution in [0.5, 0.6) is 0 Å². The summed E-state index contributed by atoms with van der Waals surface area (Å²) in [6.45, 7) is 5.94. The highest BCUT2D eigenvalue weighted by molar-refractivity contribution is 5.03. The van der Waals surface area contributed by atoms with Crippen molar-refractivity contribution < 1.29 is 4.74 Å². The van der Waals surface area contributed by atoms with Crippen LogP contribution in [0.4, 0.5) is 0 Å². The van der Waals surface area contributed by atoms with Crippen LogP contribution >= 0.6 is 0 Å². The number of pyridine rings is 1. The van der Waals surface area contributed by atoms with Gasteiger partial charge >= 0.3 is 0 Å². The second-order valence-corrected chi connectivity index (χ2v) is 3.79. The van der Waals surface area contributed by atoms with Crippen LogP contribution in [0.3, 0.4) is 0 Å². The molecule has 0 aliphatic rings. The highest BCUT2D eigenvalue weighted by Crippen LogP contribution is 1.95. The fourth-order valence-corrected chi connectivity index (χ4v) is 1.43. The Labute approximate surface area is 98.2 Å². The fourth-order valence-electron chi connectivity index (χ4n) is 1.43. The van der Waals surface area contributed by atoms with E-state index in [9.17, 15) is 0 Å². The SMILES string of the molecule is CCCNCCCOCCc1ccccn1. The molecule has 0 saturated carbocycles. The predicted octanol–water partition coefficient (Wildman–Crippen LogP) is 2.03. The van der Waals surface area contributed by atoms with E-state index < -0.39 is 0 Å². The van der Waals surface area contributed by atoms with Crippen LogP contribution in [0.2, 0.25) is 0 Å². The van der Waals surface area contributed by atoms with E-state index in [1.165, 1.54) is 6.42 Å². The molecule has 3 heteroatoms. The van der Waals surface area contributed by atoms with Gasteiger partial charge < -0.3 is 10.1 Å². The smallest absolute Gasteiger partial charge is 0.0521 e. The topological polar surface area (TPSA) is 34.1 Å². The van der Waals surface area contributed by atoms with E-state index in [4.69, 9.17) is 4.74 Å². The average molecular weight is 222 g/mol. The van der Waals surface area contributed by atoms with Crippen LogP contribution in [0.1, 0.15) is 25.5 Å². The number of nitrogens with one attached hydrogen (secondary N) is 1. The van der Waals surface area contributed by atoms with Crippen molar-refractivity contribution in [2.45, 2.75) is 26.2 Å². The summed E-state index contributed by atoms with van der Waals surface area (Å²) in [4.78, 5) is 4.24. The molecule has 0 radical (unpaired) electrons. The Morgan fingerprint density at radius 2 is 2.19 bits per heavy atom. The van der Waals surface area contributed by atoms with Crippen molar-refractivity contribution in [1.29, 1.82) is 0 Å². The minimum Gasteiger partial charge on any atom is -0.381 e. The minimum absolute atomic E-state index is 0.769. The molecule has 0 saturated heterocycles. The third kappa shape index (κ3) is 6.53. The van der Waals surface area contributed by atoms with Gasteiger partial charge in [-0.3, -0.25) is 4.98 Å². The van der Waals surface area contributed by atoms with Crippen LogP contribution < -0.4 is 5.32 Å². The van der Waals surface area contributed by atoms with Crippen LogP contribution in [0.15, 0.2) is 24.4 Å². The van der Waals surface area contributed by atoms with Gasteiger partial charge in [0, 0.05) is 24.9 Å². The second-order valence-electron chi connectivity index (χ2n) is 3.79. The first-order valence-electron chi connectivity index (χ1n) is 6.12. The lowest BCUT2D eigenvalue weighted by Crippen LogP contribution is -2.17. The molecule has 0 aliphatic heterocycles. The van der Waals surface area contributed by atoms with Crippen molar-refractivity contribution in [3.05, 3.63) is 30.1 Å². The zero-order chi connectivity index (χ0) is 11.5. The molecule has 0 aliphatic carbocycles. The Morgan fingerprint density at radius 1 is 1.25 bits per heavy atom. The number of hydrogen-bond donors (Lipinski definition) is 1. The van der Waals surface area contributed by atoms with Crippen molar-refractivity contribution >= 4 is 0 Å². The minimum atomic E-state index is 0.769. The maximum Gasteiger partial charge on any atom is 0.0521 e. The summed E-state index contributed by atoms with van der Waals surface area (Å²) >= 11 is 0. The summed E-state index contributed by atoms with van der Waals surface area (Å²) in [5.74, 6) is 0. The van der Waals surface area contributed by atoms with Gasteiger partial charge in [-0.1, -0.05) is 13.0 Å². The van der Waals surface area contributed by atoms with Gasteiger partial charge in [-0.05, 0) is 38.1 Å². The van der Waals surface area contributed by atoms with E-state index in [0.29, 0.717) is 0 Å². The maximum absolute atomic E-state index is 5.54. The lowest BCUT2D eigenvalue weighted by atomic mass is 10.3. The molecule has 3 nitrogen and oxygen atoms in total. The van der Waals surface area contributed by atoms with Crippen LogP contribution in [0.25, 0.3) is 0 Å². The van der Waals surface area contributed by atoms with Crippen LogP contribution in [-0.4, -0.2) is 31.3 Å². The molecule has 1 aromatic rings. The van der Waals surface area contributed by atoms with Crippen molar-refractivity contribution in [2.75, 3.05) is 26.3 Å². The highest BCUT2D eigenvalue weighted by Gasteiger charge is 1.93. The van der Waals surface area contributed by atoms with Gasteiger partial charge in [0.2, 0.25) is 0 Å². The summed E-state index contributed by atoms with van der Waals surface area (Å²) in [5.41, 5.74) is 1.10. The van der Waals surface area contributed by atoms with Crippen molar-refractivity contribution in [1.82, 2.24) is 10.3 Å². The molecular weight excluding hydrogens is 200 g/mol. The zero-order valence-electron chi connectivity index (χ0n) is 10.1. The Morgan fingerprint density at radius 3 is 2.94 bits per heavy atom. The Hall–Kier alpha value is -0.930. The Kier molecular flexibility index (Phi) is 7.64. The van der Waals surface area contributed by atoms with E-state index in [2.05, 4.69) is 17.2 Å². The van der Waals surface area contributed by atoms with Gasteiger partial charge in [0.15, 0.2) is 0 Å². The van der Waals surface area contributed by atoms with Gasteiger partial charge in [0.05, 0.1) is 6.61 Å². The number of rotatable bonds is 9. The molecule has 0 bridgehead atoms. The number of ether oxygens (including phenoxy) is 1. The molecule has 0 amide bonds. The summed E-state index contributed by atoms with van der Waals surface area (Å²) in [7, 11) is 0. The van der Waals surface area contributed by atoms with Crippen LogP contribution in [0, 0.1) is 0 Å². The van der Waals surface area contributed by atoms with E-state index in [-0.39, 0.29) is 0 Å². The Bertz CT molecular complexity index is 251. The lowest BCUT2D eigenvalue weighted by molar-refractivity contribution is 0.134. The summed E-state index contributed by atoms with van der Waals surface area (Å²) < 4.78 is 5.54. The summed E-state index contributed by atoms with van der Waals surface area (Å²) in [6.07, 6.45) is 5.01. The molecule has 0 unspecified atom stereocenters. The van der Waals surface area contributed by atoms with Crippen molar-refractivity contribution in [3.8, 4) is 0 Å². The van der Waals surface area contributed by atoms with Crippen molar-refractivity contribution in [2.24, 2.45) is 0 Å². The van der Waals surface area contributed by atoms with E-state index >= 15 is 0 Å². The highest BCUT2D eigenvalue weighted by atomic mass is 16.5. The van der Waals surface area contributed by atoms with Gasteiger partial charge in [-0.15, -0.1) is 0 Å². The molecule has 1 N–H and O–H groups in total. The average Bonchev–Trinajstić information content (AvgIpc) is 2.34. The third-order valence-electron chi connectivity index (χ3n) is 2.30. The summed E-state index contributed by atoms with van der Waals surface area (Å²) in [6, 6.07) is 5.98. The van der Waals surface area contributed by atoms with Crippen LogP contribution in [-0.2, 0) is 11.2 Å². The summed E-state index contributed by atoms with van der Waals surface area (Å²) in [5, 5.41) is 3.35. The van der Waals surface area contributed by atoms with Gasteiger partial charge in [-0.25, -0.2) is 0 Å². The molecular formula is C13H22N2O. The molecule has 16 heavy (non-hydrogen) atoms. The molecule has 90 valence electrons. The molecule has 0 spiro atoms. The fraction of sp³-hybridized carbons (Fsp3) is 0.615. The molecule has 1 aromatic heterocycles. The monoisotopic (exact) mass is 222 g/mol. The lowest BCUT2D eigenvalue weighted by Gasteiger charge is -2.04. The molecule has 1 heterocycles. The molecule has 0 aromatic carbocycles. The van der Waals surface area contributed by atoms with Gasteiger partial charge in [0.25, 0.3) is 0 Å². The van der Waals surface area contributed by atoms with E-state index in [0.717, 1.165) is 44.8 Å². The number of aromatic nitrogens is 1. The zero-order valence-corrected chi connectivity index (χ0v) is 10.1. The van der Waals surface area contributed by atoms with E-state index in [1.54, 1.807) is 0 Å². The van der Waals surface area contributed by atoms with Gasteiger partial charge in [0.1, 0.15) is 0 Å². The van der Waals surface area contributed by atoms with E-state index in [1.807, 2.05) is 24.4 Å². The first-order valence-corrected chi connectivity index (χ1v) is 6.12. The normalized spacial score (nSPS) is 10.6. The molecule has 0 atom stereocenters. The first-order chi connectivity index (χ1) is 7.93. The number of nitrogens with zero attached hydrogens (tertiary/aromatic N) is 1. The first kappa shape index (κ1) is 13.1. The predicted molar refractivity (Wildman–Crippen MR) is 66.5 cm³/mol. The van der Waals surface area contributed by atoms with Crippen molar-refractivity contribution in [3.63, 3.8) is 0 Å². The largest absolute Gasteiger partial charge is 0.381 e. The molecule has 1 rings (SSSR count). The quantitative estimate of drug-likeness (QED) is 0.649. The third-order valence-corrected chi connectivity index (χ3v) is 2.30. The Balaban J connectivity index is 1.89. The second kappa shape index (κ2) is 9.31. The standard InChI is InChI=1S/C13H22N2O/c1-2-8-14-9-5-11-16-12-7-13-6-3-4-10-15-13/h3-4,6,10,14H,2,5,7-9,11-12H2,1H3. The molecule has 0 fully saturated rings. The number of hydrogen-bond acceptors (Lipinski definition) is 3. The maximum atomic E-state index is 5.54. The van der Waals surface area contributed by atoms with Gasteiger partial charge in [-0.2, -0.15) is 0 Å².